The second-order valence-electron chi connectivity index (χ2n) is 8.87. The SMILES string of the molecule is [SiH2]=[Zr]([Cl])([Cl])([CH2]c1ccccc1)([CH]1C=Cc2ccccc21)[CH]1C=Cc2ccccc21. The molecule has 2 atom stereocenters. The molecule has 2 aliphatic rings. The molecule has 0 amide bonds. The molecule has 29 heavy (non-hydrogen) atoms. The van der Waals surface area contributed by atoms with Crippen LogP contribution in [0.1, 0.15) is 35.1 Å². The zero-order valence-corrected chi connectivity index (χ0v) is 21.5. The second-order valence-corrected chi connectivity index (χ2v) is 56.1. The predicted octanol–water partition coefficient (Wildman–Crippen LogP) is 6.80. The van der Waals surface area contributed by atoms with Crippen molar-refractivity contribution in [2.75, 3.05) is 0 Å². The van der Waals surface area contributed by atoms with E-state index >= 15 is 0 Å². The topological polar surface area (TPSA) is 0 Å². The first-order valence-corrected chi connectivity index (χ1v) is 26.9. The van der Waals surface area contributed by atoms with Crippen molar-refractivity contribution in [3.05, 3.63) is 119 Å². The van der Waals surface area contributed by atoms with Crippen LogP contribution in [0.5, 0.6) is 0 Å². The first-order valence-electron chi connectivity index (χ1n) is 10.1. The van der Waals surface area contributed by atoms with Gasteiger partial charge >= 0.3 is 180 Å². The van der Waals surface area contributed by atoms with Gasteiger partial charge in [-0.15, -0.1) is 0 Å². The molecule has 0 fully saturated rings. The molecule has 0 radical (unpaired) electrons. The van der Waals surface area contributed by atoms with Crippen molar-refractivity contribution in [1.29, 1.82) is 0 Å². The second kappa shape index (κ2) is 6.41. The van der Waals surface area contributed by atoms with Gasteiger partial charge in [0.25, 0.3) is 0 Å². The van der Waals surface area contributed by atoms with Crippen LogP contribution in [0.4, 0.5) is 0 Å². The first-order chi connectivity index (χ1) is 13.8. The van der Waals surface area contributed by atoms with Crippen LogP contribution in [0.25, 0.3) is 12.2 Å². The molecule has 0 heterocycles. The van der Waals surface area contributed by atoms with Crippen molar-refractivity contribution in [2.45, 2.75) is 11.4 Å². The predicted molar refractivity (Wildman–Crippen MR) is 127 cm³/mol. The van der Waals surface area contributed by atoms with Gasteiger partial charge in [-0.1, -0.05) is 0 Å². The molecular formula is C25H23Cl2SiZr. The summed E-state index contributed by atoms with van der Waals surface area (Å²) in [5, 5.41) is 0. The molecule has 5 rings (SSSR count). The third kappa shape index (κ3) is 3.03. The van der Waals surface area contributed by atoms with E-state index in [9.17, 15) is 0 Å². The average molecular weight is 514 g/mol. The number of rotatable bonds is 4. The number of halogens is 2. The fraction of sp³-hybridized carbons (Fsp3) is 0.120. The molecule has 3 aromatic rings. The maximum absolute atomic E-state index is 8.13. The third-order valence-corrected chi connectivity index (χ3v) is 34.8. The van der Waals surface area contributed by atoms with Gasteiger partial charge < -0.3 is 0 Å². The van der Waals surface area contributed by atoms with E-state index in [1.165, 1.54) is 27.8 Å². The van der Waals surface area contributed by atoms with Crippen LogP contribution < -0.4 is 0 Å². The van der Waals surface area contributed by atoms with Crippen molar-refractivity contribution in [3.8, 4) is 0 Å². The molecular weight excluding hydrogens is 490 g/mol. The van der Waals surface area contributed by atoms with Gasteiger partial charge in [0.15, 0.2) is 0 Å². The van der Waals surface area contributed by atoms with E-state index in [1.807, 2.05) is 6.88 Å². The average Bonchev–Trinajstić information content (AvgIpc) is 3.34. The summed E-state index contributed by atoms with van der Waals surface area (Å²) in [6.45, 7) is 1.96. The Balaban J connectivity index is 1.79. The fourth-order valence-corrected chi connectivity index (χ4v) is 31.5. The Morgan fingerprint density at radius 1 is 0.655 bits per heavy atom. The Morgan fingerprint density at radius 2 is 1.10 bits per heavy atom. The quantitative estimate of drug-likeness (QED) is 0.337. The summed E-state index contributed by atoms with van der Waals surface area (Å²) in [4.78, 5) is 0. The van der Waals surface area contributed by atoms with Crippen LogP contribution in [-0.2, 0) is 17.7 Å². The van der Waals surface area contributed by atoms with E-state index in [1.54, 1.807) is 0 Å². The number of benzene rings is 3. The van der Waals surface area contributed by atoms with E-state index in [4.69, 9.17) is 17.0 Å². The number of hydrogen-bond donors (Lipinski definition) is 0. The molecule has 3 aromatic carbocycles. The fourth-order valence-electron chi connectivity index (χ4n) is 5.43. The van der Waals surface area contributed by atoms with Crippen molar-refractivity contribution in [2.24, 2.45) is 0 Å². The van der Waals surface area contributed by atoms with Crippen molar-refractivity contribution >= 4 is 36.1 Å². The van der Waals surface area contributed by atoms with Gasteiger partial charge in [0.2, 0.25) is 0 Å². The zero-order chi connectivity index (χ0) is 20.2. The van der Waals surface area contributed by atoms with Gasteiger partial charge in [-0.05, 0) is 0 Å². The van der Waals surface area contributed by atoms with E-state index in [-0.39, 0.29) is 7.25 Å². The molecule has 0 N–H and O–H groups in total. The van der Waals surface area contributed by atoms with Crippen molar-refractivity contribution < 1.29 is 13.5 Å². The first kappa shape index (κ1) is 19.8. The van der Waals surface area contributed by atoms with Crippen LogP contribution >= 0.6 is 17.0 Å². The summed E-state index contributed by atoms with van der Waals surface area (Å²) in [5.74, 6) is 0. The van der Waals surface area contributed by atoms with Crippen LogP contribution in [0.15, 0.2) is 91.0 Å². The Morgan fingerprint density at radius 3 is 1.62 bits per heavy atom. The molecule has 0 saturated carbocycles. The van der Waals surface area contributed by atoms with Crippen LogP contribution in [0.2, 0.25) is 0 Å². The Bertz CT molecular complexity index is 1200. The third-order valence-electron chi connectivity index (χ3n) is 6.82. The Hall–Kier alpha value is -1.18. The molecule has 0 spiro atoms. The van der Waals surface area contributed by atoms with E-state index in [0.29, 0.717) is 0 Å². The van der Waals surface area contributed by atoms with Gasteiger partial charge in [-0.25, -0.2) is 0 Å². The summed E-state index contributed by atoms with van der Waals surface area (Å²) in [5.41, 5.74) is 6.26. The molecule has 0 aromatic heterocycles. The van der Waals surface area contributed by atoms with E-state index < -0.39 is 13.5 Å². The van der Waals surface area contributed by atoms with Gasteiger partial charge in [0, 0.05) is 0 Å². The van der Waals surface area contributed by atoms with Gasteiger partial charge in [-0.2, -0.15) is 0 Å². The summed E-state index contributed by atoms with van der Waals surface area (Å²) < 4.78 is 0.834. The summed E-state index contributed by atoms with van der Waals surface area (Å²) in [7, 11) is 16.3. The monoisotopic (exact) mass is 511 g/mol. The van der Waals surface area contributed by atoms with Crippen LogP contribution in [-0.4, -0.2) is 6.88 Å². The molecule has 2 unspecified atom stereocenters. The van der Waals surface area contributed by atoms with Crippen LogP contribution in [0, 0.1) is 0 Å². The Kier molecular flexibility index (Phi) is 4.37. The van der Waals surface area contributed by atoms with Gasteiger partial charge in [0.1, 0.15) is 0 Å². The molecule has 0 nitrogen and oxygen atoms in total. The molecule has 4 heteroatoms. The minimum absolute atomic E-state index is 0.0510. The summed E-state index contributed by atoms with van der Waals surface area (Å²) in [6.07, 6.45) is 8.99. The van der Waals surface area contributed by atoms with E-state index in [2.05, 4.69) is 103 Å². The molecule has 2 aliphatic carbocycles. The number of hydrogen-bond acceptors (Lipinski definition) is 0. The number of fused-ring (bicyclic) bond motifs is 2. The number of allylic oxidation sites excluding steroid dienone is 2. The van der Waals surface area contributed by atoms with E-state index in [0.717, 1.165) is 4.13 Å². The molecule has 145 valence electrons. The maximum atomic E-state index is 8.13. The van der Waals surface area contributed by atoms with Gasteiger partial charge in [-0.3, -0.25) is 0 Å². The normalized spacial score (nSPS) is 22.0. The molecule has 0 saturated heterocycles. The standard InChI is InChI=1S/2C9H7.C7H7.2ClH.H2Si.Zr/c2*1-2-5-9-7-3-6-8(9)4-1;1-7-5-3-2-4-6-7;;;;/h2*1-7H;2-6H,1H2;2*1H;1H2;/q;;;;;;+2/p-2. The zero-order valence-electron chi connectivity index (χ0n) is 16.1. The molecule has 0 bridgehead atoms. The van der Waals surface area contributed by atoms with Gasteiger partial charge in [0.05, 0.1) is 0 Å². The van der Waals surface area contributed by atoms with Crippen LogP contribution in [0.3, 0.4) is 0 Å². The van der Waals surface area contributed by atoms with Crippen molar-refractivity contribution in [1.82, 2.24) is 0 Å². The Labute approximate surface area is 178 Å². The molecule has 0 aliphatic heterocycles. The van der Waals surface area contributed by atoms with Crippen molar-refractivity contribution in [3.63, 3.8) is 0 Å². The minimum atomic E-state index is -5.11. The summed E-state index contributed by atoms with van der Waals surface area (Å²) in [6, 6.07) is 27.7. The summed E-state index contributed by atoms with van der Waals surface area (Å²) >= 11 is -5.11.